The number of hydrogen-bond donors (Lipinski definition) is 1. The third-order valence-corrected chi connectivity index (χ3v) is 6.16. The van der Waals surface area contributed by atoms with Crippen molar-refractivity contribution in [3.05, 3.63) is 52.2 Å². The molecule has 8 heteroatoms. The summed E-state index contributed by atoms with van der Waals surface area (Å²) in [5, 5.41) is 0. The molecule has 1 saturated heterocycles. The van der Waals surface area contributed by atoms with Gasteiger partial charge in [-0.15, -0.1) is 0 Å². The summed E-state index contributed by atoms with van der Waals surface area (Å²) >= 11 is 0. The number of aromatic nitrogens is 1. The van der Waals surface area contributed by atoms with E-state index in [1.54, 1.807) is 4.90 Å². The predicted octanol–water partition coefficient (Wildman–Crippen LogP) is 1.66. The predicted molar refractivity (Wildman–Crippen MR) is 114 cm³/mol. The fraction of sp³-hybridized carbons (Fsp3) is 0.435. The number of nitrogens with zero attached hydrogens (tertiary/aromatic N) is 3. The summed E-state index contributed by atoms with van der Waals surface area (Å²) in [5.74, 6) is 0.958. The van der Waals surface area contributed by atoms with Crippen LogP contribution in [0, 0.1) is 0 Å². The van der Waals surface area contributed by atoms with Gasteiger partial charge in [0, 0.05) is 50.3 Å². The van der Waals surface area contributed by atoms with Gasteiger partial charge < -0.3 is 25.0 Å². The molecule has 0 saturated carbocycles. The Morgan fingerprint density at radius 1 is 1.06 bits per heavy atom. The van der Waals surface area contributed by atoms with Gasteiger partial charge in [-0.1, -0.05) is 0 Å². The van der Waals surface area contributed by atoms with E-state index < -0.39 is 0 Å². The lowest BCUT2D eigenvalue weighted by molar-refractivity contribution is 0.0303. The van der Waals surface area contributed by atoms with Crippen LogP contribution in [0.3, 0.4) is 0 Å². The van der Waals surface area contributed by atoms with Gasteiger partial charge >= 0.3 is 0 Å². The van der Waals surface area contributed by atoms with E-state index in [2.05, 4.69) is 4.98 Å². The molecule has 3 aliphatic rings. The highest BCUT2D eigenvalue weighted by Crippen LogP contribution is 2.30. The zero-order valence-corrected chi connectivity index (χ0v) is 17.6. The number of nitrogen functional groups attached to an aromatic ring is 1. The molecule has 0 bridgehead atoms. The first kappa shape index (κ1) is 19.8. The van der Waals surface area contributed by atoms with E-state index in [1.165, 1.54) is 0 Å². The van der Waals surface area contributed by atoms with E-state index in [1.807, 2.05) is 36.1 Å². The highest BCUT2D eigenvalue weighted by atomic mass is 16.5. The largest absolute Gasteiger partial charge is 0.490 e. The zero-order chi connectivity index (χ0) is 21.5. The first-order valence-corrected chi connectivity index (χ1v) is 10.7. The molecule has 31 heavy (non-hydrogen) atoms. The van der Waals surface area contributed by atoms with Crippen LogP contribution >= 0.6 is 0 Å². The number of fused-ring (bicyclic) bond motifs is 2. The molecule has 2 aromatic rings. The maximum absolute atomic E-state index is 13.2. The minimum Gasteiger partial charge on any atom is -0.490 e. The Balaban J connectivity index is 1.36. The summed E-state index contributed by atoms with van der Waals surface area (Å²) in [4.78, 5) is 34.2. The highest BCUT2D eigenvalue weighted by molar-refractivity contribution is 5.99. The Bertz CT molecular complexity index is 1050. The Hall–Kier alpha value is -3.13. The van der Waals surface area contributed by atoms with Crippen LogP contribution in [-0.4, -0.2) is 65.6 Å². The number of carbonyl (C=O) groups is 2. The van der Waals surface area contributed by atoms with Gasteiger partial charge in [-0.25, -0.2) is 4.98 Å². The minimum absolute atomic E-state index is 0.0223. The fourth-order valence-electron chi connectivity index (χ4n) is 4.51. The molecule has 3 aliphatic heterocycles. The van der Waals surface area contributed by atoms with E-state index in [4.69, 9.17) is 15.2 Å². The van der Waals surface area contributed by atoms with Crippen molar-refractivity contribution in [1.82, 2.24) is 14.8 Å². The Morgan fingerprint density at radius 3 is 2.68 bits per heavy atom. The molecule has 1 atom stereocenters. The summed E-state index contributed by atoms with van der Waals surface area (Å²) in [5.41, 5.74) is 9.99. The molecule has 4 heterocycles. The van der Waals surface area contributed by atoms with Crippen LogP contribution < -0.4 is 10.5 Å². The second kappa shape index (κ2) is 7.85. The molecule has 162 valence electrons. The van der Waals surface area contributed by atoms with Gasteiger partial charge in [0.15, 0.2) is 0 Å². The SMILES string of the molecule is CC1Cc2cc(C(=O)N3CCc4nc(N)c(C(=O)N5CCOCC5)cc4C3)ccc2O1. The molecule has 1 aromatic carbocycles. The molecular formula is C23H26N4O4. The van der Waals surface area contributed by atoms with Crippen molar-refractivity contribution in [3.63, 3.8) is 0 Å². The first-order valence-electron chi connectivity index (χ1n) is 10.7. The molecule has 5 rings (SSSR count). The first-order chi connectivity index (χ1) is 15.0. The summed E-state index contributed by atoms with van der Waals surface area (Å²) in [6.07, 6.45) is 1.57. The lowest BCUT2D eigenvalue weighted by atomic mass is 10.0. The number of morpholine rings is 1. The minimum atomic E-state index is -0.132. The Morgan fingerprint density at radius 2 is 1.87 bits per heavy atom. The number of benzene rings is 1. The molecule has 0 aliphatic carbocycles. The molecule has 1 aromatic heterocycles. The number of hydrogen-bond acceptors (Lipinski definition) is 6. The number of nitrogens with two attached hydrogens (primary N) is 1. The van der Waals surface area contributed by atoms with Crippen LogP contribution in [0.15, 0.2) is 24.3 Å². The number of rotatable bonds is 2. The molecule has 1 unspecified atom stereocenters. The normalized spacial score (nSPS) is 20.1. The third-order valence-electron chi connectivity index (χ3n) is 6.16. The zero-order valence-electron chi connectivity index (χ0n) is 17.6. The maximum Gasteiger partial charge on any atom is 0.257 e. The average molecular weight is 422 g/mol. The van der Waals surface area contributed by atoms with Crippen LogP contribution in [0.25, 0.3) is 0 Å². The van der Waals surface area contributed by atoms with Crippen LogP contribution in [0.2, 0.25) is 0 Å². The van der Waals surface area contributed by atoms with Gasteiger partial charge in [-0.2, -0.15) is 0 Å². The van der Waals surface area contributed by atoms with E-state index >= 15 is 0 Å². The second-order valence-electron chi connectivity index (χ2n) is 8.36. The quantitative estimate of drug-likeness (QED) is 0.791. The summed E-state index contributed by atoms with van der Waals surface area (Å²) in [7, 11) is 0. The molecule has 8 nitrogen and oxygen atoms in total. The summed E-state index contributed by atoms with van der Waals surface area (Å²) in [6.45, 7) is 5.14. The Kier molecular flexibility index (Phi) is 5.02. The Labute approximate surface area is 180 Å². The number of pyridine rings is 1. The van der Waals surface area contributed by atoms with E-state index in [9.17, 15) is 9.59 Å². The smallest absolute Gasteiger partial charge is 0.257 e. The van der Waals surface area contributed by atoms with Gasteiger partial charge in [0.2, 0.25) is 0 Å². The standard InChI is InChI=1S/C23H26N4O4/c1-14-10-16-11-15(2-3-20(16)31-14)22(28)27-5-4-19-17(13-27)12-18(21(24)25-19)23(29)26-6-8-30-9-7-26/h2-3,11-12,14H,4-10,13H2,1H3,(H2,24,25). The second-order valence-corrected chi connectivity index (χ2v) is 8.36. The number of ether oxygens (including phenoxy) is 2. The summed E-state index contributed by atoms with van der Waals surface area (Å²) < 4.78 is 11.1. The fourth-order valence-corrected chi connectivity index (χ4v) is 4.51. The summed E-state index contributed by atoms with van der Waals surface area (Å²) in [6, 6.07) is 7.45. The topological polar surface area (TPSA) is 98.0 Å². The van der Waals surface area contributed by atoms with Crippen LogP contribution in [0.4, 0.5) is 5.82 Å². The number of anilines is 1. The highest BCUT2D eigenvalue weighted by Gasteiger charge is 2.28. The number of carbonyl (C=O) groups excluding carboxylic acids is 2. The maximum atomic E-state index is 13.2. The molecule has 2 N–H and O–H groups in total. The lowest BCUT2D eigenvalue weighted by Crippen LogP contribution is -2.41. The van der Waals surface area contributed by atoms with E-state index in [0.717, 1.165) is 29.0 Å². The molecular weight excluding hydrogens is 396 g/mol. The van der Waals surface area contributed by atoms with Crippen LogP contribution in [0.5, 0.6) is 5.75 Å². The van der Waals surface area contributed by atoms with Crippen LogP contribution in [-0.2, 0) is 24.1 Å². The van der Waals surface area contributed by atoms with Crippen molar-refractivity contribution in [2.45, 2.75) is 32.4 Å². The molecule has 1 fully saturated rings. The van der Waals surface area contributed by atoms with Crippen molar-refractivity contribution >= 4 is 17.6 Å². The van der Waals surface area contributed by atoms with Crippen molar-refractivity contribution in [2.24, 2.45) is 0 Å². The molecule has 2 amide bonds. The third kappa shape index (κ3) is 3.72. The van der Waals surface area contributed by atoms with Gasteiger partial charge in [0.05, 0.1) is 18.8 Å². The average Bonchev–Trinajstić information content (AvgIpc) is 3.17. The van der Waals surface area contributed by atoms with Crippen molar-refractivity contribution in [3.8, 4) is 5.75 Å². The van der Waals surface area contributed by atoms with Crippen molar-refractivity contribution in [2.75, 3.05) is 38.6 Å². The van der Waals surface area contributed by atoms with Gasteiger partial charge in [0.25, 0.3) is 11.8 Å². The molecule has 0 spiro atoms. The van der Waals surface area contributed by atoms with Crippen molar-refractivity contribution < 1.29 is 19.1 Å². The van der Waals surface area contributed by atoms with Gasteiger partial charge in [0.1, 0.15) is 17.7 Å². The van der Waals surface area contributed by atoms with Gasteiger partial charge in [-0.05, 0) is 42.3 Å². The lowest BCUT2D eigenvalue weighted by Gasteiger charge is -2.30. The van der Waals surface area contributed by atoms with E-state index in [-0.39, 0.29) is 23.7 Å². The van der Waals surface area contributed by atoms with Gasteiger partial charge in [-0.3, -0.25) is 9.59 Å². The van der Waals surface area contributed by atoms with Crippen LogP contribution in [0.1, 0.15) is 44.5 Å². The number of amides is 2. The molecule has 0 radical (unpaired) electrons. The van der Waals surface area contributed by atoms with E-state index in [0.29, 0.717) is 56.9 Å². The monoisotopic (exact) mass is 422 g/mol. The van der Waals surface area contributed by atoms with Crippen molar-refractivity contribution in [1.29, 1.82) is 0 Å².